The number of nitrogens with one attached hydrogen (secondary N) is 1. The quantitative estimate of drug-likeness (QED) is 0.280. The van der Waals surface area contributed by atoms with Crippen LogP contribution in [0.5, 0.6) is 23.0 Å². The summed E-state index contributed by atoms with van der Waals surface area (Å²) in [6, 6.07) is 25.7. The molecule has 6 rings (SSSR count). The first-order valence-corrected chi connectivity index (χ1v) is 13.0. The summed E-state index contributed by atoms with van der Waals surface area (Å²) < 4.78 is 18.2. The zero-order chi connectivity index (χ0) is 27.1. The van der Waals surface area contributed by atoms with Crippen LogP contribution in [0.1, 0.15) is 43.0 Å². The molecule has 0 unspecified atom stereocenters. The number of hydrogen-bond donors (Lipinski definition) is 2. The third-order valence-corrected chi connectivity index (χ3v) is 7.10. The third kappa shape index (κ3) is 4.61. The van der Waals surface area contributed by atoms with E-state index in [1.807, 2.05) is 42.5 Å². The van der Waals surface area contributed by atoms with E-state index in [2.05, 4.69) is 62.5 Å². The molecule has 2 aliphatic rings. The molecule has 196 valence electrons. The van der Waals surface area contributed by atoms with Gasteiger partial charge in [0.15, 0.2) is 11.5 Å². The molecule has 0 amide bonds. The Morgan fingerprint density at radius 1 is 0.897 bits per heavy atom. The van der Waals surface area contributed by atoms with Crippen LogP contribution in [-0.2, 0) is 6.61 Å². The number of ether oxygens (including phenoxy) is 3. The first-order chi connectivity index (χ1) is 18.8. The van der Waals surface area contributed by atoms with E-state index in [0.717, 1.165) is 56.1 Å². The molecule has 4 aromatic carbocycles. The fourth-order valence-corrected chi connectivity index (χ4v) is 5.50. The lowest BCUT2D eigenvalue weighted by Crippen LogP contribution is -2.32. The number of phenols is 1. The van der Waals surface area contributed by atoms with Crippen LogP contribution in [0.2, 0.25) is 0 Å². The molecule has 0 fully saturated rings. The van der Waals surface area contributed by atoms with Crippen molar-refractivity contribution in [3.8, 4) is 34.1 Å². The molecule has 0 bridgehead atoms. The van der Waals surface area contributed by atoms with Crippen molar-refractivity contribution in [2.45, 2.75) is 32.9 Å². The summed E-state index contributed by atoms with van der Waals surface area (Å²) in [4.78, 5) is 0. The van der Waals surface area contributed by atoms with E-state index in [0.29, 0.717) is 18.1 Å². The molecule has 0 saturated heterocycles. The Morgan fingerprint density at radius 3 is 2.41 bits per heavy atom. The average Bonchev–Trinajstić information content (AvgIpc) is 2.92. The zero-order valence-electron chi connectivity index (χ0n) is 22.5. The maximum absolute atomic E-state index is 10.6. The number of allylic oxidation sites excluding steroid dienone is 1. The molecule has 5 nitrogen and oxygen atoms in total. The van der Waals surface area contributed by atoms with Crippen LogP contribution < -0.4 is 19.5 Å². The van der Waals surface area contributed by atoms with Crippen LogP contribution in [-0.4, -0.2) is 17.8 Å². The van der Waals surface area contributed by atoms with E-state index in [9.17, 15) is 5.11 Å². The standard InChI is InChI=1S/C34H31NO4/c1-21-19-34(2,3)35-26-15-14-25-31(30(21)26)29(39-28-17-16-27(36)33(37-4)32(25)28)18-22-10-12-24(13-11-22)38-20-23-8-6-5-7-9-23/h5-19,35-36H,20H2,1-4H3. The molecule has 0 aromatic heterocycles. The van der Waals surface area contributed by atoms with E-state index >= 15 is 0 Å². The minimum absolute atomic E-state index is 0.0774. The fraction of sp³-hybridized carbons (Fsp3) is 0.176. The van der Waals surface area contributed by atoms with Gasteiger partial charge in [0, 0.05) is 22.4 Å². The monoisotopic (exact) mass is 517 g/mol. The fourth-order valence-electron chi connectivity index (χ4n) is 5.50. The van der Waals surface area contributed by atoms with Crippen LogP contribution in [0.25, 0.3) is 28.5 Å². The largest absolute Gasteiger partial charge is 0.504 e. The summed E-state index contributed by atoms with van der Waals surface area (Å²) in [5.41, 5.74) is 7.88. The van der Waals surface area contributed by atoms with E-state index in [4.69, 9.17) is 14.2 Å². The average molecular weight is 518 g/mol. The van der Waals surface area contributed by atoms with Crippen molar-refractivity contribution >= 4 is 23.1 Å². The van der Waals surface area contributed by atoms with Crippen molar-refractivity contribution in [3.05, 3.63) is 107 Å². The SMILES string of the molecule is COc1c(O)ccc2c1-c1ccc3c(c1C(=Cc1ccc(OCc4ccccc4)cc1)O2)C(C)=CC(C)(C)N3. The smallest absolute Gasteiger partial charge is 0.172 e. The summed E-state index contributed by atoms with van der Waals surface area (Å²) >= 11 is 0. The first-order valence-electron chi connectivity index (χ1n) is 13.0. The molecule has 2 N–H and O–H groups in total. The van der Waals surface area contributed by atoms with Crippen LogP contribution >= 0.6 is 0 Å². The summed E-state index contributed by atoms with van der Waals surface area (Å²) in [6.45, 7) is 6.96. The second-order valence-electron chi connectivity index (χ2n) is 10.5. The van der Waals surface area contributed by atoms with Gasteiger partial charge in [0.05, 0.1) is 18.2 Å². The number of hydrogen-bond acceptors (Lipinski definition) is 5. The van der Waals surface area contributed by atoms with Crippen LogP contribution in [0.4, 0.5) is 5.69 Å². The van der Waals surface area contributed by atoms with Gasteiger partial charge in [-0.05, 0) is 73.9 Å². The van der Waals surface area contributed by atoms with Gasteiger partial charge in [-0.3, -0.25) is 0 Å². The maximum atomic E-state index is 10.6. The number of anilines is 1. The number of phenolic OH excluding ortho intramolecular Hbond substituents is 1. The predicted octanol–water partition coefficient (Wildman–Crippen LogP) is 8.14. The second-order valence-corrected chi connectivity index (χ2v) is 10.5. The van der Waals surface area contributed by atoms with Crippen LogP contribution in [0, 0.1) is 0 Å². The van der Waals surface area contributed by atoms with E-state index in [1.165, 1.54) is 0 Å². The maximum Gasteiger partial charge on any atom is 0.172 e. The molecule has 0 radical (unpaired) electrons. The molecule has 0 saturated carbocycles. The highest BCUT2D eigenvalue weighted by Gasteiger charge is 2.33. The highest BCUT2D eigenvalue weighted by Crippen LogP contribution is 2.54. The lowest BCUT2D eigenvalue weighted by Gasteiger charge is -2.35. The molecular weight excluding hydrogens is 486 g/mol. The lowest BCUT2D eigenvalue weighted by molar-refractivity contribution is 0.306. The molecule has 0 aliphatic carbocycles. The van der Waals surface area contributed by atoms with Gasteiger partial charge in [-0.15, -0.1) is 0 Å². The number of rotatable bonds is 5. The Bertz CT molecular complexity index is 1620. The number of methoxy groups -OCH3 is 1. The van der Waals surface area contributed by atoms with Crippen molar-refractivity contribution < 1.29 is 19.3 Å². The van der Waals surface area contributed by atoms with Crippen molar-refractivity contribution in [2.24, 2.45) is 0 Å². The van der Waals surface area contributed by atoms with Crippen LogP contribution in [0.15, 0.2) is 84.9 Å². The van der Waals surface area contributed by atoms with Gasteiger partial charge in [-0.2, -0.15) is 0 Å². The van der Waals surface area contributed by atoms with Gasteiger partial charge in [0.1, 0.15) is 23.9 Å². The van der Waals surface area contributed by atoms with Gasteiger partial charge in [0.25, 0.3) is 0 Å². The molecule has 4 aromatic rings. The lowest BCUT2D eigenvalue weighted by atomic mass is 9.83. The molecule has 2 heterocycles. The molecule has 39 heavy (non-hydrogen) atoms. The third-order valence-electron chi connectivity index (χ3n) is 7.10. The van der Waals surface area contributed by atoms with Crippen LogP contribution in [0.3, 0.4) is 0 Å². The van der Waals surface area contributed by atoms with Crippen molar-refractivity contribution in [1.29, 1.82) is 0 Å². The topological polar surface area (TPSA) is 60.0 Å². The Kier molecular flexibility index (Phi) is 6.07. The predicted molar refractivity (Wildman–Crippen MR) is 157 cm³/mol. The minimum Gasteiger partial charge on any atom is -0.504 e. The van der Waals surface area contributed by atoms with Crippen molar-refractivity contribution in [1.82, 2.24) is 0 Å². The first kappa shape index (κ1) is 24.7. The summed E-state index contributed by atoms with van der Waals surface area (Å²) in [6.07, 6.45) is 4.29. The normalized spacial score (nSPS) is 15.7. The van der Waals surface area contributed by atoms with E-state index < -0.39 is 0 Å². The van der Waals surface area contributed by atoms with Gasteiger partial charge in [-0.1, -0.05) is 54.6 Å². The van der Waals surface area contributed by atoms with Gasteiger partial charge >= 0.3 is 0 Å². The summed E-state index contributed by atoms with van der Waals surface area (Å²) in [7, 11) is 1.56. The summed E-state index contributed by atoms with van der Waals surface area (Å²) in [5.74, 6) is 2.65. The van der Waals surface area contributed by atoms with Crippen molar-refractivity contribution in [2.75, 3.05) is 12.4 Å². The molecular formula is C34H31NO4. The Balaban J connectivity index is 1.43. The molecule has 0 spiro atoms. The Hall–Kier alpha value is -4.64. The number of benzene rings is 4. The van der Waals surface area contributed by atoms with Gasteiger partial charge in [0.2, 0.25) is 0 Å². The Morgan fingerprint density at radius 2 is 1.67 bits per heavy atom. The molecule has 0 atom stereocenters. The second kappa shape index (κ2) is 9.59. The van der Waals surface area contributed by atoms with E-state index in [-0.39, 0.29) is 11.3 Å². The number of aromatic hydroxyl groups is 1. The van der Waals surface area contributed by atoms with E-state index in [1.54, 1.807) is 19.2 Å². The minimum atomic E-state index is -0.172. The van der Waals surface area contributed by atoms with Gasteiger partial charge < -0.3 is 24.6 Å². The van der Waals surface area contributed by atoms with Crippen molar-refractivity contribution in [3.63, 3.8) is 0 Å². The highest BCUT2D eigenvalue weighted by atomic mass is 16.5. The molecule has 5 heteroatoms. The van der Waals surface area contributed by atoms with Gasteiger partial charge in [-0.25, -0.2) is 0 Å². The zero-order valence-corrected chi connectivity index (χ0v) is 22.5. The Labute approximate surface area is 229 Å². The number of fused-ring (bicyclic) bond motifs is 5. The highest BCUT2D eigenvalue weighted by molar-refractivity contribution is 6.02. The molecule has 2 aliphatic heterocycles. The summed E-state index contributed by atoms with van der Waals surface area (Å²) in [5, 5.41) is 14.2.